The van der Waals surface area contributed by atoms with Crippen LogP contribution >= 0.6 is 0 Å². The van der Waals surface area contributed by atoms with Gasteiger partial charge in [-0.25, -0.2) is 4.79 Å². The van der Waals surface area contributed by atoms with Gasteiger partial charge in [0.1, 0.15) is 17.1 Å². The third kappa shape index (κ3) is 3.93. The van der Waals surface area contributed by atoms with Gasteiger partial charge in [0.2, 0.25) is 11.2 Å². The molecule has 0 bridgehead atoms. The van der Waals surface area contributed by atoms with Crippen LogP contribution in [0.15, 0.2) is 51.7 Å². The van der Waals surface area contributed by atoms with Gasteiger partial charge in [-0.15, -0.1) is 0 Å². The standard InChI is InChI=1S/C21H21NO6/c1-5-25-16-8-6-7-9-17(16)28-20-13(2)26-18-12-14(27-21(24)22(3)4)10-11-15(18)19(20)23/h6-12H,5H2,1-4H3. The van der Waals surface area contributed by atoms with E-state index in [-0.39, 0.29) is 16.9 Å². The van der Waals surface area contributed by atoms with Crippen molar-refractivity contribution in [3.8, 4) is 23.0 Å². The number of benzene rings is 2. The number of carbonyl (C=O) groups is 1. The number of hydrogen-bond donors (Lipinski definition) is 0. The van der Waals surface area contributed by atoms with Gasteiger partial charge in [0.25, 0.3) is 0 Å². The maximum absolute atomic E-state index is 12.9. The molecule has 0 saturated carbocycles. The van der Waals surface area contributed by atoms with E-state index in [4.69, 9.17) is 18.6 Å². The van der Waals surface area contributed by atoms with Crippen LogP contribution in [-0.2, 0) is 0 Å². The minimum Gasteiger partial charge on any atom is -0.490 e. The molecule has 1 aromatic heterocycles. The van der Waals surface area contributed by atoms with Crippen LogP contribution < -0.4 is 19.6 Å². The molecule has 0 aliphatic carbocycles. The number of rotatable bonds is 5. The molecule has 0 aliphatic rings. The summed E-state index contributed by atoms with van der Waals surface area (Å²) in [4.78, 5) is 25.9. The lowest BCUT2D eigenvalue weighted by molar-refractivity contribution is 0.172. The van der Waals surface area contributed by atoms with Crippen LogP contribution in [0.5, 0.6) is 23.0 Å². The van der Waals surface area contributed by atoms with E-state index in [1.54, 1.807) is 45.3 Å². The number of para-hydroxylation sites is 2. The smallest absolute Gasteiger partial charge is 0.414 e. The molecule has 1 amide bonds. The number of hydrogen-bond acceptors (Lipinski definition) is 6. The van der Waals surface area contributed by atoms with Crippen LogP contribution in [-0.4, -0.2) is 31.7 Å². The largest absolute Gasteiger partial charge is 0.490 e. The summed E-state index contributed by atoms with van der Waals surface area (Å²) in [5.41, 5.74) is -0.0208. The Morgan fingerprint density at radius 3 is 2.50 bits per heavy atom. The second kappa shape index (κ2) is 8.04. The second-order valence-corrected chi connectivity index (χ2v) is 6.22. The van der Waals surface area contributed by atoms with Crippen molar-refractivity contribution in [3.63, 3.8) is 0 Å². The Balaban J connectivity index is 1.99. The van der Waals surface area contributed by atoms with Crippen LogP contribution in [0.4, 0.5) is 4.79 Å². The predicted molar refractivity (Wildman–Crippen MR) is 105 cm³/mol. The Hall–Kier alpha value is -3.48. The zero-order valence-electron chi connectivity index (χ0n) is 16.1. The van der Waals surface area contributed by atoms with Gasteiger partial charge in [-0.2, -0.15) is 0 Å². The lowest BCUT2D eigenvalue weighted by Gasteiger charge is -2.13. The highest BCUT2D eigenvalue weighted by atomic mass is 16.6. The van der Waals surface area contributed by atoms with Gasteiger partial charge in [-0.3, -0.25) is 4.79 Å². The van der Waals surface area contributed by atoms with Gasteiger partial charge in [0.15, 0.2) is 11.5 Å². The Morgan fingerprint density at radius 1 is 1.11 bits per heavy atom. The van der Waals surface area contributed by atoms with Crippen LogP contribution in [0.3, 0.4) is 0 Å². The Kier molecular flexibility index (Phi) is 5.54. The number of ether oxygens (including phenoxy) is 3. The Morgan fingerprint density at radius 2 is 1.82 bits per heavy atom. The molecular formula is C21H21NO6. The monoisotopic (exact) mass is 383 g/mol. The van der Waals surface area contributed by atoms with Gasteiger partial charge in [0.05, 0.1) is 12.0 Å². The summed E-state index contributed by atoms with van der Waals surface area (Å²) >= 11 is 0. The van der Waals surface area contributed by atoms with Gasteiger partial charge >= 0.3 is 6.09 Å². The van der Waals surface area contributed by atoms with E-state index in [9.17, 15) is 9.59 Å². The molecule has 1 heterocycles. The number of aryl methyl sites for hydroxylation is 1. The molecule has 7 nitrogen and oxygen atoms in total. The molecule has 28 heavy (non-hydrogen) atoms. The highest BCUT2D eigenvalue weighted by Crippen LogP contribution is 2.33. The van der Waals surface area contributed by atoms with E-state index in [2.05, 4.69) is 0 Å². The lowest BCUT2D eigenvalue weighted by atomic mass is 10.2. The fourth-order valence-corrected chi connectivity index (χ4v) is 2.56. The summed E-state index contributed by atoms with van der Waals surface area (Å²) in [6.45, 7) is 3.98. The fraction of sp³-hybridized carbons (Fsp3) is 0.238. The molecule has 3 aromatic rings. The van der Waals surface area contributed by atoms with Crippen molar-refractivity contribution >= 4 is 17.1 Å². The third-order valence-corrected chi connectivity index (χ3v) is 3.92. The maximum atomic E-state index is 12.9. The summed E-state index contributed by atoms with van der Waals surface area (Å²) in [6, 6.07) is 11.7. The van der Waals surface area contributed by atoms with Gasteiger partial charge < -0.3 is 23.5 Å². The molecule has 0 spiro atoms. The summed E-state index contributed by atoms with van der Waals surface area (Å²) in [5, 5.41) is 0.319. The Bertz CT molecular complexity index is 1070. The molecule has 0 atom stereocenters. The number of carbonyl (C=O) groups excluding carboxylic acids is 1. The molecule has 0 aliphatic heterocycles. The minimum atomic E-state index is -0.522. The number of fused-ring (bicyclic) bond motifs is 1. The first kappa shape index (κ1) is 19.3. The van der Waals surface area contributed by atoms with E-state index < -0.39 is 6.09 Å². The molecular weight excluding hydrogens is 362 g/mol. The summed E-state index contributed by atoms with van der Waals surface area (Å²) in [5.74, 6) is 1.63. The number of amides is 1. The zero-order valence-corrected chi connectivity index (χ0v) is 16.1. The van der Waals surface area contributed by atoms with Crippen molar-refractivity contribution in [1.82, 2.24) is 4.90 Å². The van der Waals surface area contributed by atoms with E-state index in [0.717, 1.165) is 0 Å². The van der Waals surface area contributed by atoms with Crippen LogP contribution in [0.2, 0.25) is 0 Å². The summed E-state index contributed by atoms with van der Waals surface area (Å²) in [6.07, 6.45) is -0.522. The normalized spacial score (nSPS) is 10.6. The van der Waals surface area contributed by atoms with Crippen molar-refractivity contribution in [2.75, 3.05) is 20.7 Å². The molecule has 3 rings (SSSR count). The van der Waals surface area contributed by atoms with Crippen LogP contribution in [0.1, 0.15) is 12.7 Å². The molecule has 0 fully saturated rings. The van der Waals surface area contributed by atoms with E-state index in [1.807, 2.05) is 13.0 Å². The molecule has 0 unspecified atom stereocenters. The molecule has 2 aromatic carbocycles. The van der Waals surface area contributed by atoms with E-state index in [1.165, 1.54) is 17.0 Å². The minimum absolute atomic E-state index is 0.0812. The SMILES string of the molecule is CCOc1ccccc1Oc1c(C)oc2cc(OC(=O)N(C)C)ccc2c1=O. The summed E-state index contributed by atoms with van der Waals surface area (Å²) in [7, 11) is 3.16. The first-order valence-electron chi connectivity index (χ1n) is 8.77. The van der Waals surface area contributed by atoms with Crippen molar-refractivity contribution < 1.29 is 23.4 Å². The van der Waals surface area contributed by atoms with Crippen molar-refractivity contribution in [2.45, 2.75) is 13.8 Å². The third-order valence-electron chi connectivity index (χ3n) is 3.92. The highest BCUT2D eigenvalue weighted by Gasteiger charge is 2.17. The van der Waals surface area contributed by atoms with E-state index >= 15 is 0 Å². The van der Waals surface area contributed by atoms with Crippen LogP contribution in [0, 0.1) is 6.92 Å². The first-order valence-corrected chi connectivity index (χ1v) is 8.77. The average molecular weight is 383 g/mol. The molecule has 0 saturated heterocycles. The molecule has 0 N–H and O–H groups in total. The summed E-state index contributed by atoms with van der Waals surface area (Å²) < 4.78 is 22.3. The lowest BCUT2D eigenvalue weighted by Crippen LogP contribution is -2.25. The Labute approximate surface area is 162 Å². The van der Waals surface area contributed by atoms with Crippen molar-refractivity contribution in [2.24, 2.45) is 0 Å². The quantitative estimate of drug-likeness (QED) is 0.652. The fourth-order valence-electron chi connectivity index (χ4n) is 2.56. The van der Waals surface area contributed by atoms with Crippen LogP contribution in [0.25, 0.3) is 11.0 Å². The predicted octanol–water partition coefficient (Wildman–Crippen LogP) is 4.35. The zero-order chi connectivity index (χ0) is 20.3. The first-order chi connectivity index (χ1) is 13.4. The second-order valence-electron chi connectivity index (χ2n) is 6.22. The van der Waals surface area contributed by atoms with Crippen molar-refractivity contribution in [1.29, 1.82) is 0 Å². The highest BCUT2D eigenvalue weighted by molar-refractivity contribution is 5.81. The molecule has 7 heteroatoms. The van der Waals surface area contributed by atoms with Crippen molar-refractivity contribution in [3.05, 3.63) is 58.4 Å². The maximum Gasteiger partial charge on any atom is 0.414 e. The number of nitrogens with zero attached hydrogens (tertiary/aromatic N) is 1. The molecule has 146 valence electrons. The topological polar surface area (TPSA) is 78.2 Å². The molecule has 0 radical (unpaired) electrons. The van der Waals surface area contributed by atoms with Gasteiger partial charge in [0, 0.05) is 20.2 Å². The van der Waals surface area contributed by atoms with Gasteiger partial charge in [-0.05, 0) is 38.1 Å². The average Bonchev–Trinajstić information content (AvgIpc) is 2.66. The van der Waals surface area contributed by atoms with E-state index in [0.29, 0.717) is 34.8 Å². The van der Waals surface area contributed by atoms with Gasteiger partial charge in [-0.1, -0.05) is 12.1 Å².